The Bertz CT molecular complexity index is 677. The number of benzene rings is 2. The van der Waals surface area contributed by atoms with Crippen LogP contribution in [0.2, 0.25) is 0 Å². The van der Waals surface area contributed by atoms with E-state index in [0.29, 0.717) is 5.56 Å². The Balaban J connectivity index is 1.72. The molecule has 0 aliphatic heterocycles. The van der Waals surface area contributed by atoms with E-state index in [4.69, 9.17) is 5.11 Å². The summed E-state index contributed by atoms with van der Waals surface area (Å²) in [4.78, 5) is 13.5. The fourth-order valence-electron chi connectivity index (χ4n) is 2.77. The molecule has 0 unspecified atom stereocenters. The van der Waals surface area contributed by atoms with E-state index in [1.54, 1.807) is 30.3 Å². The van der Waals surface area contributed by atoms with Crippen molar-refractivity contribution in [3.05, 3.63) is 65.2 Å². The molecule has 0 heterocycles. The maximum absolute atomic E-state index is 11.1. The van der Waals surface area contributed by atoms with Crippen molar-refractivity contribution in [1.29, 1.82) is 0 Å². The monoisotopic (exact) mass is 311 g/mol. The number of aromatic hydroxyl groups is 1. The minimum atomic E-state index is -0.890. The Labute approximate surface area is 136 Å². The van der Waals surface area contributed by atoms with Gasteiger partial charge in [-0.3, -0.25) is 4.90 Å². The molecule has 1 saturated carbocycles. The SMILES string of the molecule is O=C(O)c1cccc(CN(Cc2ccc(O)cc2)CC2CC2)c1. The van der Waals surface area contributed by atoms with Crippen molar-refractivity contribution in [1.82, 2.24) is 4.90 Å². The number of aromatic carboxylic acids is 1. The van der Waals surface area contributed by atoms with Gasteiger partial charge in [-0.05, 0) is 54.2 Å². The second-order valence-electron chi connectivity index (χ2n) is 6.28. The lowest BCUT2D eigenvalue weighted by molar-refractivity contribution is 0.0696. The van der Waals surface area contributed by atoms with Crippen LogP contribution in [0.3, 0.4) is 0 Å². The van der Waals surface area contributed by atoms with Gasteiger partial charge in [0.1, 0.15) is 5.75 Å². The van der Waals surface area contributed by atoms with Gasteiger partial charge in [0.2, 0.25) is 0 Å². The lowest BCUT2D eigenvalue weighted by Gasteiger charge is -2.22. The number of carboxylic acid groups (broad SMARTS) is 1. The van der Waals surface area contributed by atoms with Gasteiger partial charge in [0, 0.05) is 19.6 Å². The van der Waals surface area contributed by atoms with Crippen LogP contribution >= 0.6 is 0 Å². The van der Waals surface area contributed by atoms with E-state index in [9.17, 15) is 9.90 Å². The predicted molar refractivity (Wildman–Crippen MR) is 88.3 cm³/mol. The van der Waals surface area contributed by atoms with E-state index >= 15 is 0 Å². The zero-order valence-corrected chi connectivity index (χ0v) is 13.0. The smallest absolute Gasteiger partial charge is 0.335 e. The van der Waals surface area contributed by atoms with Gasteiger partial charge in [-0.1, -0.05) is 24.3 Å². The first-order valence-corrected chi connectivity index (χ1v) is 7.92. The Kier molecular flexibility index (Phi) is 4.63. The van der Waals surface area contributed by atoms with E-state index in [-0.39, 0.29) is 5.75 Å². The average Bonchev–Trinajstić information content (AvgIpc) is 3.34. The second kappa shape index (κ2) is 6.84. The van der Waals surface area contributed by atoms with E-state index in [2.05, 4.69) is 4.90 Å². The Morgan fingerprint density at radius 1 is 1.04 bits per heavy atom. The molecule has 0 spiro atoms. The minimum Gasteiger partial charge on any atom is -0.508 e. The van der Waals surface area contributed by atoms with Crippen LogP contribution in [0.4, 0.5) is 0 Å². The lowest BCUT2D eigenvalue weighted by Crippen LogP contribution is -2.25. The van der Waals surface area contributed by atoms with Gasteiger partial charge in [0.05, 0.1) is 5.56 Å². The summed E-state index contributed by atoms with van der Waals surface area (Å²) in [5.74, 6) is 0.144. The molecule has 1 aliphatic rings. The normalized spacial score (nSPS) is 14.1. The lowest BCUT2D eigenvalue weighted by atomic mass is 10.1. The Hall–Kier alpha value is -2.33. The molecule has 0 saturated heterocycles. The predicted octanol–water partition coefficient (Wildman–Crippen LogP) is 3.50. The maximum Gasteiger partial charge on any atom is 0.335 e. The van der Waals surface area contributed by atoms with Gasteiger partial charge in [-0.15, -0.1) is 0 Å². The largest absolute Gasteiger partial charge is 0.508 e. The summed E-state index contributed by atoms with van der Waals surface area (Å²) in [6, 6.07) is 14.4. The third-order valence-electron chi connectivity index (χ3n) is 4.14. The van der Waals surface area contributed by atoms with Crippen LogP contribution < -0.4 is 0 Å². The van der Waals surface area contributed by atoms with Crippen molar-refractivity contribution < 1.29 is 15.0 Å². The van der Waals surface area contributed by atoms with Gasteiger partial charge in [0.25, 0.3) is 0 Å². The molecule has 0 radical (unpaired) electrons. The van der Waals surface area contributed by atoms with Crippen LogP contribution in [-0.2, 0) is 13.1 Å². The van der Waals surface area contributed by atoms with Crippen molar-refractivity contribution in [3.63, 3.8) is 0 Å². The highest BCUT2D eigenvalue weighted by Crippen LogP contribution is 2.31. The van der Waals surface area contributed by atoms with Crippen molar-refractivity contribution in [2.24, 2.45) is 5.92 Å². The highest BCUT2D eigenvalue weighted by Gasteiger charge is 2.24. The molecule has 4 nitrogen and oxygen atoms in total. The molecule has 2 N–H and O–H groups in total. The van der Waals surface area contributed by atoms with Crippen LogP contribution in [-0.4, -0.2) is 27.6 Å². The van der Waals surface area contributed by atoms with E-state index in [0.717, 1.165) is 36.7 Å². The molecule has 2 aromatic carbocycles. The van der Waals surface area contributed by atoms with E-state index < -0.39 is 5.97 Å². The van der Waals surface area contributed by atoms with Crippen LogP contribution in [0, 0.1) is 5.92 Å². The summed E-state index contributed by atoms with van der Waals surface area (Å²) < 4.78 is 0. The average molecular weight is 311 g/mol. The van der Waals surface area contributed by atoms with E-state index in [1.165, 1.54) is 12.8 Å². The standard InChI is InChI=1S/C19H21NO3/c21-18-8-6-15(7-9-18)12-20(11-14-4-5-14)13-16-2-1-3-17(10-16)19(22)23/h1-3,6-10,14,21H,4-5,11-13H2,(H,22,23). The number of hydrogen-bond acceptors (Lipinski definition) is 3. The highest BCUT2D eigenvalue weighted by atomic mass is 16.4. The summed E-state index contributed by atoms with van der Waals surface area (Å²) in [6.45, 7) is 2.56. The van der Waals surface area contributed by atoms with Crippen LogP contribution in [0.15, 0.2) is 48.5 Å². The number of phenols is 1. The number of rotatable bonds is 7. The zero-order chi connectivity index (χ0) is 16.2. The Morgan fingerprint density at radius 3 is 2.39 bits per heavy atom. The minimum absolute atomic E-state index is 0.275. The van der Waals surface area contributed by atoms with Gasteiger partial charge in [-0.2, -0.15) is 0 Å². The zero-order valence-electron chi connectivity index (χ0n) is 13.0. The molecule has 120 valence electrons. The molecule has 0 amide bonds. The first-order chi connectivity index (χ1) is 11.1. The third-order valence-corrected chi connectivity index (χ3v) is 4.14. The number of hydrogen-bond donors (Lipinski definition) is 2. The molecule has 0 aromatic heterocycles. The summed E-state index contributed by atoms with van der Waals surface area (Å²) in [5, 5.41) is 18.5. The fourth-order valence-corrected chi connectivity index (χ4v) is 2.77. The molecule has 2 aromatic rings. The molecule has 0 atom stereocenters. The topological polar surface area (TPSA) is 60.8 Å². The summed E-state index contributed by atoms with van der Waals surface area (Å²) in [6.07, 6.45) is 2.56. The van der Waals surface area contributed by atoms with Gasteiger partial charge in [-0.25, -0.2) is 4.79 Å². The third kappa shape index (κ3) is 4.57. The maximum atomic E-state index is 11.1. The summed E-state index contributed by atoms with van der Waals surface area (Å²) in [7, 11) is 0. The van der Waals surface area contributed by atoms with Crippen molar-refractivity contribution in [3.8, 4) is 5.75 Å². The molecule has 1 aliphatic carbocycles. The summed E-state index contributed by atoms with van der Waals surface area (Å²) in [5.41, 5.74) is 2.50. The van der Waals surface area contributed by atoms with Crippen molar-refractivity contribution in [2.45, 2.75) is 25.9 Å². The fraction of sp³-hybridized carbons (Fsp3) is 0.316. The number of phenolic OH excluding ortho intramolecular Hbond substituents is 1. The Morgan fingerprint density at radius 2 is 1.74 bits per heavy atom. The number of nitrogens with zero attached hydrogens (tertiary/aromatic N) is 1. The first-order valence-electron chi connectivity index (χ1n) is 7.92. The van der Waals surface area contributed by atoms with Crippen molar-refractivity contribution >= 4 is 5.97 Å². The first kappa shape index (κ1) is 15.6. The van der Waals surface area contributed by atoms with Crippen LogP contribution in [0.5, 0.6) is 5.75 Å². The van der Waals surface area contributed by atoms with E-state index in [1.807, 2.05) is 18.2 Å². The quantitative estimate of drug-likeness (QED) is 0.821. The van der Waals surface area contributed by atoms with Gasteiger partial charge >= 0.3 is 5.97 Å². The second-order valence-corrected chi connectivity index (χ2v) is 6.28. The number of carbonyl (C=O) groups is 1. The van der Waals surface area contributed by atoms with Gasteiger partial charge in [0.15, 0.2) is 0 Å². The molecule has 3 rings (SSSR count). The highest BCUT2D eigenvalue weighted by molar-refractivity contribution is 5.87. The number of carboxylic acids is 1. The molecule has 1 fully saturated rings. The molecular weight excluding hydrogens is 290 g/mol. The van der Waals surface area contributed by atoms with Crippen molar-refractivity contribution in [2.75, 3.05) is 6.54 Å². The van der Waals surface area contributed by atoms with Crippen LogP contribution in [0.1, 0.15) is 34.3 Å². The molecule has 4 heteroatoms. The molecular formula is C19H21NO3. The molecule has 0 bridgehead atoms. The van der Waals surface area contributed by atoms with Crippen LogP contribution in [0.25, 0.3) is 0 Å². The molecule has 23 heavy (non-hydrogen) atoms. The summed E-state index contributed by atoms with van der Waals surface area (Å²) >= 11 is 0. The van der Waals surface area contributed by atoms with Gasteiger partial charge < -0.3 is 10.2 Å².